The van der Waals surface area contributed by atoms with Crippen LogP contribution in [0.25, 0.3) is 0 Å². The third kappa shape index (κ3) is 17.2. The summed E-state index contributed by atoms with van der Waals surface area (Å²) in [7, 11) is 4.46. The number of rotatable bonds is 10. The van der Waals surface area contributed by atoms with Crippen molar-refractivity contribution in [1.29, 1.82) is 0 Å². The molecule has 16 atom stereocenters. The van der Waals surface area contributed by atoms with Crippen LogP contribution in [0.1, 0.15) is 132 Å². The maximum absolute atomic E-state index is 14.5. The molecule has 0 aromatic carbocycles. The molecule has 1 aliphatic carbocycles. The number of methoxy groups -OCH3 is 3. The van der Waals surface area contributed by atoms with Gasteiger partial charge in [0.15, 0.2) is 18.0 Å². The van der Waals surface area contributed by atoms with Crippen LogP contribution in [0.2, 0.25) is 0 Å². The average Bonchev–Trinajstić information content (AvgIpc) is 3.37. The smallest absolute Gasteiger partial charge is 0.460 e. The number of ether oxygens (including phenoxy) is 7. The number of Topliss-reactive ketones (excluding diaryl/α,β-unsaturated/α-hetero) is 3. The van der Waals surface area contributed by atoms with Gasteiger partial charge < -0.3 is 53.4 Å². The Labute approximate surface area is 433 Å². The number of piperidine rings is 1. The van der Waals surface area contributed by atoms with Gasteiger partial charge in [-0.2, -0.15) is 0 Å². The number of nitrogens with zero attached hydrogens (tertiary/aromatic N) is 1. The van der Waals surface area contributed by atoms with E-state index in [0.717, 1.165) is 5.57 Å². The Morgan fingerprint density at radius 2 is 1.59 bits per heavy atom. The molecule has 4 rings (SSSR count). The molecule has 0 aromatic rings. The quantitative estimate of drug-likeness (QED) is 0.114. The molecule has 3 N–H and O–H groups in total. The van der Waals surface area contributed by atoms with Crippen molar-refractivity contribution in [3.8, 4) is 0 Å². The van der Waals surface area contributed by atoms with Crippen molar-refractivity contribution < 1.29 is 77.2 Å². The van der Waals surface area contributed by atoms with Crippen LogP contribution >= 0.6 is 0 Å². The summed E-state index contributed by atoms with van der Waals surface area (Å²) >= 11 is 0. The minimum atomic E-state index is -2.46. The number of fused-ring (bicyclic) bond motifs is 3. The summed E-state index contributed by atoms with van der Waals surface area (Å²) in [6.45, 7) is 13.8. The first-order chi connectivity index (χ1) is 34.6. The van der Waals surface area contributed by atoms with E-state index in [1.807, 2.05) is 51.2 Å². The molecular formula is C56H87NO16. The van der Waals surface area contributed by atoms with Gasteiger partial charge in [-0.25, -0.2) is 9.59 Å². The molecule has 17 nitrogen and oxygen atoms in total. The number of allylic oxidation sites excluding steroid dienone is 6. The first-order valence-electron chi connectivity index (χ1n) is 26.5. The molecule has 0 radical (unpaired) electrons. The molecule has 1 amide bonds. The summed E-state index contributed by atoms with van der Waals surface area (Å²) in [5, 5.41) is 32.1. The van der Waals surface area contributed by atoms with E-state index in [2.05, 4.69) is 0 Å². The fraction of sp³-hybridized carbons (Fsp3) is 0.750. The molecule has 0 aromatic heterocycles. The topological polar surface area (TPSA) is 231 Å². The number of aliphatic hydroxyl groups excluding tert-OH is 2. The predicted molar refractivity (Wildman–Crippen MR) is 272 cm³/mol. The zero-order valence-corrected chi connectivity index (χ0v) is 45.3. The lowest BCUT2D eigenvalue weighted by molar-refractivity contribution is -0.265. The maximum atomic E-state index is 14.5. The number of carbonyl (C=O) groups excluding carboxylic acids is 6. The highest BCUT2D eigenvalue weighted by Gasteiger charge is 2.53. The Morgan fingerprint density at radius 1 is 0.863 bits per heavy atom. The van der Waals surface area contributed by atoms with Crippen LogP contribution in [0.5, 0.6) is 0 Å². The highest BCUT2D eigenvalue weighted by atomic mass is 16.7. The lowest BCUT2D eigenvalue weighted by Gasteiger charge is -2.42. The van der Waals surface area contributed by atoms with E-state index in [4.69, 9.17) is 33.2 Å². The zero-order valence-electron chi connectivity index (χ0n) is 45.3. The number of hydrogen-bond acceptors (Lipinski definition) is 16. The van der Waals surface area contributed by atoms with Crippen LogP contribution < -0.4 is 0 Å². The van der Waals surface area contributed by atoms with Crippen molar-refractivity contribution in [1.82, 2.24) is 4.90 Å². The third-order valence-electron chi connectivity index (χ3n) is 15.5. The molecule has 3 unspecified atom stereocenters. The van der Waals surface area contributed by atoms with Gasteiger partial charge in [-0.3, -0.25) is 19.2 Å². The van der Waals surface area contributed by atoms with E-state index in [1.54, 1.807) is 54.9 Å². The van der Waals surface area contributed by atoms with Gasteiger partial charge in [0.05, 0.1) is 31.0 Å². The summed E-state index contributed by atoms with van der Waals surface area (Å²) in [5.74, 6) is -9.08. The summed E-state index contributed by atoms with van der Waals surface area (Å²) in [5.41, 5.74) is 1.19. The predicted octanol–water partition coefficient (Wildman–Crippen LogP) is 6.97. The van der Waals surface area contributed by atoms with Crippen molar-refractivity contribution in [2.45, 2.75) is 187 Å². The van der Waals surface area contributed by atoms with Crippen LogP contribution in [0.4, 0.5) is 4.79 Å². The maximum Gasteiger partial charge on any atom is 0.508 e. The second-order valence-corrected chi connectivity index (χ2v) is 21.5. The molecule has 3 aliphatic heterocycles. The second-order valence-electron chi connectivity index (χ2n) is 21.5. The van der Waals surface area contributed by atoms with E-state index < -0.39 is 95.9 Å². The third-order valence-corrected chi connectivity index (χ3v) is 15.5. The summed E-state index contributed by atoms with van der Waals surface area (Å²) in [4.78, 5) is 86.3. The summed E-state index contributed by atoms with van der Waals surface area (Å²) in [6, 6.07) is -1.19. The monoisotopic (exact) mass is 1030 g/mol. The van der Waals surface area contributed by atoms with E-state index in [0.29, 0.717) is 69.8 Å². The minimum Gasteiger partial charge on any atom is -0.460 e. The minimum absolute atomic E-state index is 0.0552. The van der Waals surface area contributed by atoms with Gasteiger partial charge in [0.1, 0.15) is 17.9 Å². The van der Waals surface area contributed by atoms with Gasteiger partial charge >= 0.3 is 12.1 Å². The van der Waals surface area contributed by atoms with E-state index in [1.165, 1.54) is 12.0 Å². The fourth-order valence-corrected chi connectivity index (χ4v) is 10.7. The van der Waals surface area contributed by atoms with Crippen molar-refractivity contribution in [3.63, 3.8) is 0 Å². The van der Waals surface area contributed by atoms with Gasteiger partial charge in [-0.05, 0) is 107 Å². The highest BCUT2D eigenvalue weighted by Crippen LogP contribution is 2.38. The van der Waals surface area contributed by atoms with Crippen LogP contribution in [0.15, 0.2) is 47.6 Å². The number of esters is 1. The molecule has 2 bridgehead atoms. The summed E-state index contributed by atoms with van der Waals surface area (Å²) in [6.07, 6.45) is 9.13. The first kappa shape index (κ1) is 61.4. The second kappa shape index (κ2) is 29.3. The number of hydrogen-bond donors (Lipinski definition) is 3. The standard InChI is InChI=1S/C56H87NO16/c1-33-17-13-12-14-18-35(3)46(67-9)29-42-22-20-40(8)56(66,73-42)52(62)53(63)57-24-16-15-19-43(57)54(64)71-47(37(5)27-41-21-23-44(59)48(28-41)68-10)30-45(60)36(4)26-39(7)50(51(69-11)49(61)38(6)25-33)72-55(65)70-32-34(2)31-58/h12-14,17-18,26,33-34,36-38,40-44,46-48,50-51,58-59,66H,15-16,19-25,27-32H2,1-11H3/b14-12?,17-13+,35-18?,39-26+/t33-,34?,36-,37-,38-,40-,41+,42?,43?,44-,46+,47+,48-,50-,51+,56-/m1/s1. The number of carbonyl (C=O) groups is 6. The summed E-state index contributed by atoms with van der Waals surface area (Å²) < 4.78 is 40.8. The Balaban J connectivity index is 1.77. The molecule has 1 saturated carbocycles. The van der Waals surface area contributed by atoms with Crippen molar-refractivity contribution in [2.24, 2.45) is 41.4 Å². The number of aliphatic hydroxyl groups is 3. The number of amides is 1. The fourth-order valence-electron chi connectivity index (χ4n) is 10.7. The zero-order chi connectivity index (χ0) is 54.2. The van der Waals surface area contributed by atoms with E-state index >= 15 is 0 Å². The Bertz CT molecular complexity index is 1980. The van der Waals surface area contributed by atoms with Crippen LogP contribution in [0.3, 0.4) is 0 Å². The molecule has 2 saturated heterocycles. The molecule has 3 fully saturated rings. The number of ketones is 3. The van der Waals surface area contributed by atoms with E-state index in [9.17, 15) is 44.1 Å². The lowest BCUT2D eigenvalue weighted by Crippen LogP contribution is -2.61. The molecule has 412 valence electrons. The lowest BCUT2D eigenvalue weighted by atomic mass is 9.78. The van der Waals surface area contributed by atoms with Gasteiger partial charge in [0.25, 0.3) is 11.7 Å². The van der Waals surface area contributed by atoms with Crippen molar-refractivity contribution in [3.05, 3.63) is 47.6 Å². The van der Waals surface area contributed by atoms with Gasteiger partial charge in [-0.15, -0.1) is 0 Å². The molecule has 73 heavy (non-hydrogen) atoms. The largest absolute Gasteiger partial charge is 0.508 e. The Hall–Kier alpha value is -4.10. The highest BCUT2D eigenvalue weighted by molar-refractivity contribution is 6.39. The molecular weight excluding hydrogens is 943 g/mol. The van der Waals surface area contributed by atoms with Gasteiger partial charge in [0.2, 0.25) is 5.79 Å². The van der Waals surface area contributed by atoms with Gasteiger partial charge in [0, 0.05) is 71.0 Å². The molecule has 4 aliphatic rings. The SMILES string of the molecule is CO[C@H]1CC2CC[C@@H](C)[C@@](O)(O2)C(=O)C(=O)N2CCCCC2C(=O)O[C@H]([C@H](C)C[C@@H]2CC[C@@H](O)[C@H](OC)C2)CC(=O)[C@H](C)/C=C(\C)[C@@H](OC(=O)OCC(C)CO)[C@@H](OC)C(=O)[C@H](C)C[C@H](C)/C=C/C=CC=C1C. The molecule has 3 heterocycles. The average molecular weight is 1030 g/mol. The van der Waals surface area contributed by atoms with Crippen LogP contribution in [0, 0.1) is 41.4 Å². The normalized spacial score (nSPS) is 36.4. The number of cyclic esters (lactones) is 1. The first-order valence-corrected chi connectivity index (χ1v) is 26.5. The molecule has 17 heteroatoms. The Kier molecular flexibility index (Phi) is 24.6. The van der Waals surface area contributed by atoms with Crippen LogP contribution in [-0.2, 0) is 57.1 Å². The Morgan fingerprint density at radius 3 is 2.26 bits per heavy atom. The van der Waals surface area contributed by atoms with Gasteiger partial charge in [-0.1, -0.05) is 78.0 Å². The van der Waals surface area contributed by atoms with Crippen molar-refractivity contribution >= 4 is 35.4 Å². The van der Waals surface area contributed by atoms with Crippen molar-refractivity contribution in [2.75, 3.05) is 41.1 Å². The van der Waals surface area contributed by atoms with E-state index in [-0.39, 0.29) is 68.0 Å². The molecule has 0 spiro atoms. The van der Waals surface area contributed by atoms with Crippen LogP contribution in [-0.4, -0.2) is 151 Å².